The van der Waals surface area contributed by atoms with Crippen molar-refractivity contribution in [2.24, 2.45) is 5.73 Å². The SMILES string of the molecule is CC(C(N)=S)c1c(-c2cccs2)nc2ccc(Cl)cn12. The summed E-state index contributed by atoms with van der Waals surface area (Å²) in [6.07, 6.45) is 1.85. The van der Waals surface area contributed by atoms with Gasteiger partial charge in [-0.15, -0.1) is 11.3 Å². The van der Waals surface area contributed by atoms with Gasteiger partial charge in [-0.25, -0.2) is 4.98 Å². The van der Waals surface area contributed by atoms with Crippen LogP contribution in [0.3, 0.4) is 0 Å². The van der Waals surface area contributed by atoms with E-state index in [9.17, 15) is 0 Å². The van der Waals surface area contributed by atoms with Gasteiger partial charge in [0, 0.05) is 12.1 Å². The standard InChI is InChI=1S/C14H12ClN3S2/c1-8(14(16)19)13-12(10-3-2-6-20-10)17-11-5-4-9(15)7-18(11)13/h2-8H,1H3,(H2,16,19). The second-order valence-corrected chi connectivity index (χ2v) is 6.38. The molecule has 102 valence electrons. The number of pyridine rings is 1. The van der Waals surface area contributed by atoms with Crippen LogP contribution < -0.4 is 5.73 Å². The molecule has 3 heterocycles. The molecular formula is C14H12ClN3S2. The van der Waals surface area contributed by atoms with Gasteiger partial charge in [0.15, 0.2) is 0 Å². The van der Waals surface area contributed by atoms with E-state index >= 15 is 0 Å². The molecule has 0 fully saturated rings. The number of nitrogens with zero attached hydrogens (tertiary/aromatic N) is 2. The Morgan fingerprint density at radius 2 is 2.25 bits per heavy atom. The van der Waals surface area contributed by atoms with E-state index in [-0.39, 0.29) is 5.92 Å². The molecule has 6 heteroatoms. The Hall–Kier alpha value is -1.43. The maximum atomic E-state index is 6.10. The van der Waals surface area contributed by atoms with Crippen molar-refractivity contribution < 1.29 is 0 Å². The number of hydrogen-bond acceptors (Lipinski definition) is 3. The van der Waals surface area contributed by atoms with Crippen molar-refractivity contribution in [3.05, 3.63) is 46.6 Å². The summed E-state index contributed by atoms with van der Waals surface area (Å²) < 4.78 is 1.97. The lowest BCUT2D eigenvalue weighted by molar-refractivity contribution is 0.931. The third-order valence-corrected chi connectivity index (χ3v) is 4.66. The van der Waals surface area contributed by atoms with E-state index < -0.39 is 0 Å². The normalized spacial score (nSPS) is 12.7. The summed E-state index contributed by atoms with van der Waals surface area (Å²) in [5.41, 5.74) is 8.59. The van der Waals surface area contributed by atoms with E-state index in [2.05, 4.69) is 0 Å². The number of rotatable bonds is 3. The van der Waals surface area contributed by atoms with E-state index in [1.54, 1.807) is 11.3 Å². The maximum absolute atomic E-state index is 6.10. The molecule has 2 N–H and O–H groups in total. The van der Waals surface area contributed by atoms with E-state index in [1.807, 2.05) is 47.2 Å². The highest BCUT2D eigenvalue weighted by molar-refractivity contribution is 7.80. The molecule has 0 bridgehead atoms. The topological polar surface area (TPSA) is 43.3 Å². The van der Waals surface area contributed by atoms with Gasteiger partial charge in [0.05, 0.1) is 20.6 Å². The summed E-state index contributed by atoms with van der Waals surface area (Å²) in [5, 5.41) is 2.69. The lowest BCUT2D eigenvalue weighted by Crippen LogP contribution is -2.18. The lowest BCUT2D eigenvalue weighted by Gasteiger charge is -2.11. The zero-order valence-corrected chi connectivity index (χ0v) is 13.1. The number of halogens is 1. The predicted molar refractivity (Wildman–Crippen MR) is 88.7 cm³/mol. The van der Waals surface area contributed by atoms with Crippen LogP contribution in [0, 0.1) is 0 Å². The number of nitrogens with two attached hydrogens (primary N) is 1. The highest BCUT2D eigenvalue weighted by Crippen LogP contribution is 2.33. The molecule has 0 saturated carbocycles. The minimum absolute atomic E-state index is 0.0735. The fourth-order valence-corrected chi connectivity index (χ4v) is 3.17. The molecule has 1 unspecified atom stereocenters. The van der Waals surface area contributed by atoms with Crippen LogP contribution in [0.1, 0.15) is 18.5 Å². The largest absolute Gasteiger partial charge is 0.393 e. The van der Waals surface area contributed by atoms with Gasteiger partial charge >= 0.3 is 0 Å². The smallest absolute Gasteiger partial charge is 0.137 e. The molecule has 0 amide bonds. The van der Waals surface area contributed by atoms with Crippen molar-refractivity contribution in [2.75, 3.05) is 0 Å². The zero-order valence-electron chi connectivity index (χ0n) is 10.7. The second kappa shape index (κ2) is 5.16. The van der Waals surface area contributed by atoms with Crippen molar-refractivity contribution in [3.63, 3.8) is 0 Å². The molecule has 0 saturated heterocycles. The number of hydrogen-bond donors (Lipinski definition) is 1. The van der Waals surface area contributed by atoms with Crippen LogP contribution in [0.4, 0.5) is 0 Å². The van der Waals surface area contributed by atoms with E-state index in [4.69, 9.17) is 34.5 Å². The third-order valence-electron chi connectivity index (χ3n) is 3.21. The summed E-state index contributed by atoms with van der Waals surface area (Å²) in [7, 11) is 0. The second-order valence-electron chi connectivity index (χ2n) is 4.52. The fraction of sp³-hybridized carbons (Fsp3) is 0.143. The van der Waals surface area contributed by atoms with Crippen molar-refractivity contribution >= 4 is 45.8 Å². The van der Waals surface area contributed by atoms with Crippen molar-refractivity contribution in [1.82, 2.24) is 9.38 Å². The zero-order chi connectivity index (χ0) is 14.3. The Morgan fingerprint density at radius 3 is 2.90 bits per heavy atom. The minimum atomic E-state index is -0.0735. The highest BCUT2D eigenvalue weighted by atomic mass is 35.5. The van der Waals surface area contributed by atoms with Gasteiger partial charge in [0.25, 0.3) is 0 Å². The van der Waals surface area contributed by atoms with Gasteiger partial charge in [0.1, 0.15) is 11.3 Å². The molecule has 0 aliphatic carbocycles. The molecule has 3 aromatic rings. The quantitative estimate of drug-likeness (QED) is 0.738. The van der Waals surface area contributed by atoms with Crippen molar-refractivity contribution in [3.8, 4) is 10.6 Å². The number of imidazole rings is 1. The highest BCUT2D eigenvalue weighted by Gasteiger charge is 2.21. The Kier molecular flexibility index (Phi) is 3.50. The van der Waals surface area contributed by atoms with Gasteiger partial charge in [-0.3, -0.25) is 0 Å². The predicted octanol–water partition coefficient (Wildman–Crippen LogP) is 4.11. The maximum Gasteiger partial charge on any atom is 0.137 e. The first kappa shape index (κ1) is 13.5. The molecule has 3 aromatic heterocycles. The monoisotopic (exact) mass is 321 g/mol. The molecule has 0 spiro atoms. The minimum Gasteiger partial charge on any atom is -0.393 e. The molecule has 0 aliphatic rings. The van der Waals surface area contributed by atoms with Crippen molar-refractivity contribution in [2.45, 2.75) is 12.8 Å². The van der Waals surface area contributed by atoms with Crippen LogP contribution >= 0.6 is 35.2 Å². The Labute approximate surface area is 131 Å². The van der Waals surface area contributed by atoms with E-state index in [0.717, 1.165) is 21.9 Å². The number of aromatic nitrogens is 2. The van der Waals surface area contributed by atoms with Gasteiger partial charge in [-0.05, 0) is 23.6 Å². The first-order valence-corrected chi connectivity index (χ1v) is 7.75. The molecule has 20 heavy (non-hydrogen) atoms. The molecule has 0 aliphatic heterocycles. The molecule has 3 nitrogen and oxygen atoms in total. The number of thiophene rings is 1. The van der Waals surface area contributed by atoms with Crippen LogP contribution in [0.5, 0.6) is 0 Å². The van der Waals surface area contributed by atoms with Gasteiger partial charge < -0.3 is 10.1 Å². The Bertz CT molecular complexity index is 777. The van der Waals surface area contributed by atoms with E-state index in [0.29, 0.717) is 10.0 Å². The Morgan fingerprint density at radius 1 is 1.45 bits per heavy atom. The van der Waals surface area contributed by atoms with Crippen LogP contribution in [0.25, 0.3) is 16.2 Å². The van der Waals surface area contributed by atoms with Gasteiger partial charge in [-0.1, -0.05) is 36.8 Å². The van der Waals surface area contributed by atoms with Crippen LogP contribution in [-0.2, 0) is 0 Å². The molecular weight excluding hydrogens is 310 g/mol. The molecule has 0 aromatic carbocycles. The fourth-order valence-electron chi connectivity index (χ4n) is 2.18. The summed E-state index contributed by atoms with van der Waals surface area (Å²) >= 11 is 12.9. The average molecular weight is 322 g/mol. The first-order chi connectivity index (χ1) is 9.58. The van der Waals surface area contributed by atoms with Crippen molar-refractivity contribution in [1.29, 1.82) is 0 Å². The summed E-state index contributed by atoms with van der Waals surface area (Å²) in [4.78, 5) is 6.25. The summed E-state index contributed by atoms with van der Waals surface area (Å²) in [6.45, 7) is 1.99. The van der Waals surface area contributed by atoms with E-state index in [1.165, 1.54) is 0 Å². The summed E-state index contributed by atoms with van der Waals surface area (Å²) in [5.74, 6) is -0.0735. The molecule has 0 radical (unpaired) electrons. The average Bonchev–Trinajstić information content (AvgIpc) is 3.03. The first-order valence-electron chi connectivity index (χ1n) is 6.08. The third kappa shape index (κ3) is 2.22. The Balaban J connectivity index is 2.34. The van der Waals surface area contributed by atoms with Crippen LogP contribution in [0.15, 0.2) is 35.8 Å². The van der Waals surface area contributed by atoms with Gasteiger partial charge in [0.2, 0.25) is 0 Å². The summed E-state index contributed by atoms with van der Waals surface area (Å²) in [6, 6.07) is 7.78. The van der Waals surface area contributed by atoms with Crippen LogP contribution in [0.2, 0.25) is 5.02 Å². The number of fused-ring (bicyclic) bond motifs is 1. The van der Waals surface area contributed by atoms with Gasteiger partial charge in [-0.2, -0.15) is 0 Å². The molecule has 3 rings (SSSR count). The number of thiocarbonyl (C=S) groups is 1. The molecule has 1 atom stereocenters. The van der Waals surface area contributed by atoms with Crippen LogP contribution in [-0.4, -0.2) is 14.4 Å². The lowest BCUT2D eigenvalue weighted by atomic mass is 10.1.